The van der Waals surface area contributed by atoms with Crippen molar-refractivity contribution in [3.05, 3.63) is 65.2 Å². The Hall–Kier alpha value is -2.33. The molecular formula is C16H15NO3. The minimum absolute atomic E-state index is 0.143. The molecular weight excluding hydrogens is 254 g/mol. The lowest BCUT2D eigenvalue weighted by Gasteiger charge is -2.21. The van der Waals surface area contributed by atoms with Gasteiger partial charge in [-0.05, 0) is 23.8 Å². The molecule has 0 spiro atoms. The van der Waals surface area contributed by atoms with Crippen LogP contribution in [-0.4, -0.2) is 23.0 Å². The molecule has 4 nitrogen and oxygen atoms in total. The van der Waals surface area contributed by atoms with E-state index in [1.807, 2.05) is 30.3 Å². The number of carbonyl (C=O) groups excluding carboxylic acids is 1. The van der Waals surface area contributed by atoms with E-state index in [1.165, 1.54) is 4.90 Å². The molecule has 0 radical (unpaired) electrons. The first-order valence-corrected chi connectivity index (χ1v) is 6.41. The van der Waals surface area contributed by atoms with Gasteiger partial charge in [0.2, 0.25) is 0 Å². The zero-order chi connectivity index (χ0) is 14.1. The summed E-state index contributed by atoms with van der Waals surface area (Å²) in [5.74, 6) is 0.595. The van der Waals surface area contributed by atoms with E-state index >= 15 is 0 Å². The standard InChI is InChI=1S/C16H15NO3/c1-20-12-6-4-5-11(9-12)10-17-15(18)13-7-2-3-8-14(13)16(17)19/h2-9,15,18H,10H2,1H3. The van der Waals surface area contributed by atoms with Crippen molar-refractivity contribution in [2.45, 2.75) is 12.8 Å². The third-order valence-electron chi connectivity index (χ3n) is 3.51. The number of fused-ring (bicyclic) bond motifs is 1. The molecule has 0 aliphatic carbocycles. The highest BCUT2D eigenvalue weighted by atomic mass is 16.5. The maximum atomic E-state index is 12.3. The van der Waals surface area contributed by atoms with E-state index < -0.39 is 6.23 Å². The van der Waals surface area contributed by atoms with Crippen molar-refractivity contribution in [1.82, 2.24) is 4.90 Å². The van der Waals surface area contributed by atoms with E-state index in [-0.39, 0.29) is 5.91 Å². The molecule has 1 amide bonds. The molecule has 0 bridgehead atoms. The van der Waals surface area contributed by atoms with Crippen molar-refractivity contribution in [2.24, 2.45) is 0 Å². The summed E-state index contributed by atoms with van der Waals surface area (Å²) in [6.45, 7) is 0.353. The molecule has 1 aliphatic rings. The molecule has 1 aliphatic heterocycles. The van der Waals surface area contributed by atoms with E-state index in [1.54, 1.807) is 25.3 Å². The number of methoxy groups -OCH3 is 1. The van der Waals surface area contributed by atoms with Crippen molar-refractivity contribution < 1.29 is 14.6 Å². The van der Waals surface area contributed by atoms with Gasteiger partial charge in [-0.15, -0.1) is 0 Å². The molecule has 0 fully saturated rings. The van der Waals surface area contributed by atoms with Gasteiger partial charge in [0.05, 0.1) is 7.11 Å². The van der Waals surface area contributed by atoms with Crippen LogP contribution in [0.25, 0.3) is 0 Å². The first-order chi connectivity index (χ1) is 9.70. The third kappa shape index (κ3) is 2.04. The highest BCUT2D eigenvalue weighted by Crippen LogP contribution is 2.32. The Morgan fingerprint density at radius 2 is 2.00 bits per heavy atom. The highest BCUT2D eigenvalue weighted by Gasteiger charge is 2.34. The van der Waals surface area contributed by atoms with Crippen molar-refractivity contribution >= 4 is 5.91 Å². The van der Waals surface area contributed by atoms with Gasteiger partial charge in [-0.2, -0.15) is 0 Å². The minimum atomic E-state index is -0.884. The normalized spacial score (nSPS) is 17.2. The fourth-order valence-electron chi connectivity index (χ4n) is 2.48. The Bertz CT molecular complexity index is 654. The predicted octanol–water partition coefficient (Wildman–Crippen LogP) is 2.34. The van der Waals surface area contributed by atoms with Crippen LogP contribution in [0.3, 0.4) is 0 Å². The molecule has 3 rings (SSSR count). The first-order valence-electron chi connectivity index (χ1n) is 6.41. The SMILES string of the molecule is COc1cccc(CN2C(=O)c3ccccc3C2O)c1. The molecule has 20 heavy (non-hydrogen) atoms. The number of hydrogen-bond acceptors (Lipinski definition) is 3. The van der Waals surface area contributed by atoms with Crippen LogP contribution in [0.15, 0.2) is 48.5 Å². The Kier molecular flexibility index (Phi) is 3.16. The largest absolute Gasteiger partial charge is 0.497 e. The summed E-state index contributed by atoms with van der Waals surface area (Å²) in [5, 5.41) is 10.3. The number of rotatable bonds is 3. The van der Waals surface area contributed by atoms with Crippen molar-refractivity contribution in [1.29, 1.82) is 0 Å². The predicted molar refractivity (Wildman–Crippen MR) is 74.3 cm³/mol. The minimum Gasteiger partial charge on any atom is -0.497 e. The summed E-state index contributed by atoms with van der Waals surface area (Å²) in [6, 6.07) is 14.6. The van der Waals surface area contributed by atoms with Gasteiger partial charge in [-0.25, -0.2) is 0 Å². The summed E-state index contributed by atoms with van der Waals surface area (Å²) in [7, 11) is 1.60. The Labute approximate surface area is 117 Å². The van der Waals surface area contributed by atoms with Gasteiger partial charge in [-0.1, -0.05) is 30.3 Å². The second kappa shape index (κ2) is 4.98. The van der Waals surface area contributed by atoms with Crippen molar-refractivity contribution in [2.75, 3.05) is 7.11 Å². The second-order valence-corrected chi connectivity index (χ2v) is 4.75. The molecule has 102 valence electrons. The Morgan fingerprint density at radius 1 is 1.20 bits per heavy atom. The van der Waals surface area contributed by atoms with E-state index in [4.69, 9.17) is 4.74 Å². The van der Waals surface area contributed by atoms with Gasteiger partial charge in [0.25, 0.3) is 5.91 Å². The summed E-state index contributed by atoms with van der Waals surface area (Å²) in [5.41, 5.74) is 2.16. The van der Waals surface area contributed by atoms with Gasteiger partial charge in [-0.3, -0.25) is 4.79 Å². The van der Waals surface area contributed by atoms with Crippen molar-refractivity contribution in [3.8, 4) is 5.75 Å². The average molecular weight is 269 g/mol. The topological polar surface area (TPSA) is 49.8 Å². The van der Waals surface area contributed by atoms with E-state index in [0.29, 0.717) is 17.7 Å². The molecule has 0 saturated heterocycles. The van der Waals surface area contributed by atoms with Crippen LogP contribution in [0.4, 0.5) is 0 Å². The maximum absolute atomic E-state index is 12.3. The number of benzene rings is 2. The van der Waals surface area contributed by atoms with Crippen LogP contribution in [0.5, 0.6) is 5.75 Å². The molecule has 1 unspecified atom stereocenters. The molecule has 4 heteroatoms. The number of nitrogens with zero attached hydrogens (tertiary/aromatic N) is 1. The Morgan fingerprint density at radius 3 is 2.75 bits per heavy atom. The number of aliphatic hydroxyl groups is 1. The second-order valence-electron chi connectivity index (χ2n) is 4.75. The Balaban J connectivity index is 1.87. The van der Waals surface area contributed by atoms with Crippen LogP contribution < -0.4 is 4.74 Å². The summed E-state index contributed by atoms with van der Waals surface area (Å²) >= 11 is 0. The summed E-state index contributed by atoms with van der Waals surface area (Å²) in [6.07, 6.45) is -0.884. The van der Waals surface area contributed by atoms with Crippen LogP contribution in [0.1, 0.15) is 27.7 Å². The first kappa shape index (κ1) is 12.7. The number of aliphatic hydroxyl groups excluding tert-OH is 1. The molecule has 1 atom stereocenters. The zero-order valence-electron chi connectivity index (χ0n) is 11.1. The van der Waals surface area contributed by atoms with Gasteiger partial charge in [0.15, 0.2) is 6.23 Å². The van der Waals surface area contributed by atoms with Crippen LogP contribution >= 0.6 is 0 Å². The number of amides is 1. The zero-order valence-corrected chi connectivity index (χ0v) is 11.1. The van der Waals surface area contributed by atoms with E-state index in [2.05, 4.69) is 0 Å². The lowest BCUT2D eigenvalue weighted by atomic mass is 10.1. The molecule has 2 aromatic carbocycles. The highest BCUT2D eigenvalue weighted by molar-refractivity contribution is 5.98. The van der Waals surface area contributed by atoms with Crippen LogP contribution in [0, 0.1) is 0 Å². The number of hydrogen-bond donors (Lipinski definition) is 1. The van der Waals surface area contributed by atoms with Gasteiger partial charge in [0, 0.05) is 17.7 Å². The van der Waals surface area contributed by atoms with E-state index in [9.17, 15) is 9.90 Å². The average Bonchev–Trinajstić information content (AvgIpc) is 2.73. The number of ether oxygens (including phenoxy) is 1. The molecule has 0 aromatic heterocycles. The fourth-order valence-corrected chi connectivity index (χ4v) is 2.48. The molecule has 2 aromatic rings. The fraction of sp³-hybridized carbons (Fsp3) is 0.188. The lowest BCUT2D eigenvalue weighted by molar-refractivity contribution is 0.0137. The smallest absolute Gasteiger partial charge is 0.256 e. The summed E-state index contributed by atoms with van der Waals surface area (Å²) in [4.78, 5) is 13.8. The van der Waals surface area contributed by atoms with Gasteiger partial charge >= 0.3 is 0 Å². The molecule has 1 heterocycles. The van der Waals surface area contributed by atoms with Crippen molar-refractivity contribution in [3.63, 3.8) is 0 Å². The lowest BCUT2D eigenvalue weighted by Crippen LogP contribution is -2.27. The quantitative estimate of drug-likeness (QED) is 0.930. The van der Waals surface area contributed by atoms with Gasteiger partial charge in [0.1, 0.15) is 5.75 Å². The van der Waals surface area contributed by atoms with E-state index in [0.717, 1.165) is 11.3 Å². The summed E-state index contributed by atoms with van der Waals surface area (Å²) < 4.78 is 5.17. The van der Waals surface area contributed by atoms with Crippen LogP contribution in [0.2, 0.25) is 0 Å². The molecule has 1 N–H and O–H groups in total. The molecule has 0 saturated carbocycles. The van der Waals surface area contributed by atoms with Crippen LogP contribution in [-0.2, 0) is 6.54 Å². The third-order valence-corrected chi connectivity index (χ3v) is 3.51. The van der Waals surface area contributed by atoms with Gasteiger partial charge < -0.3 is 14.7 Å². The maximum Gasteiger partial charge on any atom is 0.256 e. The monoisotopic (exact) mass is 269 g/mol. The number of carbonyl (C=O) groups is 1.